The van der Waals surface area contributed by atoms with Gasteiger partial charge in [-0.05, 0) is 30.5 Å². The van der Waals surface area contributed by atoms with E-state index in [1.165, 1.54) is 5.56 Å². The summed E-state index contributed by atoms with van der Waals surface area (Å²) in [6.07, 6.45) is 0. The number of carbonyl (C=O) groups is 1. The third kappa shape index (κ3) is 5.10. The lowest BCUT2D eigenvalue weighted by Crippen LogP contribution is -2.39. The molecule has 2 aromatic carbocycles. The maximum atomic E-state index is 12.5. The summed E-state index contributed by atoms with van der Waals surface area (Å²) in [6.45, 7) is 6.39. The normalized spacial score (nSPS) is 10.5. The Kier molecular flexibility index (Phi) is 6.82. The number of benzene rings is 2. The molecule has 0 aliphatic rings. The predicted octanol–water partition coefficient (Wildman–Crippen LogP) is 3.87. The molecule has 4 nitrogen and oxygen atoms in total. The van der Waals surface area contributed by atoms with Gasteiger partial charge in [-0.25, -0.2) is 4.79 Å². The fourth-order valence-electron chi connectivity index (χ4n) is 2.67. The first-order chi connectivity index (χ1) is 11.6. The van der Waals surface area contributed by atoms with Crippen LogP contribution < -0.4 is 5.32 Å². The SMILES string of the molecule is CCN(Cc1cccc(C)c1)C(=O)NCc1ccccc1COC. The molecular formula is C20H26N2O2. The molecule has 0 spiro atoms. The van der Waals surface area contributed by atoms with Gasteiger partial charge in [0, 0.05) is 26.7 Å². The molecule has 0 radical (unpaired) electrons. The highest BCUT2D eigenvalue weighted by Gasteiger charge is 2.12. The minimum absolute atomic E-state index is 0.0498. The van der Waals surface area contributed by atoms with Crippen molar-refractivity contribution in [3.05, 3.63) is 70.8 Å². The second-order valence-electron chi connectivity index (χ2n) is 5.86. The van der Waals surface area contributed by atoms with Crippen LogP contribution in [-0.4, -0.2) is 24.6 Å². The Labute approximate surface area is 144 Å². The summed E-state index contributed by atoms with van der Waals surface area (Å²) in [4.78, 5) is 14.3. The fraction of sp³-hybridized carbons (Fsp3) is 0.350. The van der Waals surface area contributed by atoms with E-state index in [0.29, 0.717) is 26.2 Å². The van der Waals surface area contributed by atoms with Crippen LogP contribution in [0.2, 0.25) is 0 Å². The molecule has 0 saturated heterocycles. The first-order valence-electron chi connectivity index (χ1n) is 8.28. The monoisotopic (exact) mass is 326 g/mol. The van der Waals surface area contributed by atoms with E-state index < -0.39 is 0 Å². The molecule has 0 saturated carbocycles. The molecule has 2 rings (SSSR count). The van der Waals surface area contributed by atoms with Gasteiger partial charge in [0.1, 0.15) is 0 Å². The van der Waals surface area contributed by atoms with Crippen molar-refractivity contribution in [3.63, 3.8) is 0 Å². The van der Waals surface area contributed by atoms with Gasteiger partial charge in [-0.3, -0.25) is 0 Å². The topological polar surface area (TPSA) is 41.6 Å². The molecule has 0 aliphatic heterocycles. The third-order valence-corrected chi connectivity index (χ3v) is 3.97. The van der Waals surface area contributed by atoms with Crippen molar-refractivity contribution in [1.29, 1.82) is 0 Å². The second kappa shape index (κ2) is 9.08. The predicted molar refractivity (Wildman–Crippen MR) is 96.7 cm³/mol. The molecule has 1 N–H and O–H groups in total. The van der Waals surface area contributed by atoms with Crippen molar-refractivity contribution in [2.45, 2.75) is 33.5 Å². The summed E-state index contributed by atoms with van der Waals surface area (Å²) in [5, 5.41) is 3.02. The first kappa shape index (κ1) is 18.0. The number of hydrogen-bond donors (Lipinski definition) is 1. The maximum absolute atomic E-state index is 12.5. The van der Waals surface area contributed by atoms with Crippen LogP contribution in [0.5, 0.6) is 0 Å². The molecule has 0 fully saturated rings. The molecule has 0 unspecified atom stereocenters. The molecule has 128 valence electrons. The zero-order valence-corrected chi connectivity index (χ0v) is 14.7. The number of aryl methyl sites for hydroxylation is 1. The third-order valence-electron chi connectivity index (χ3n) is 3.97. The minimum Gasteiger partial charge on any atom is -0.380 e. The molecule has 0 aromatic heterocycles. The van der Waals surface area contributed by atoms with Gasteiger partial charge < -0.3 is 15.0 Å². The maximum Gasteiger partial charge on any atom is 0.317 e. The fourth-order valence-corrected chi connectivity index (χ4v) is 2.67. The number of carbonyl (C=O) groups excluding carboxylic acids is 1. The number of methoxy groups -OCH3 is 1. The van der Waals surface area contributed by atoms with Gasteiger partial charge in [-0.2, -0.15) is 0 Å². The number of nitrogens with one attached hydrogen (secondary N) is 1. The Morgan fingerprint density at radius 1 is 1.12 bits per heavy atom. The summed E-state index contributed by atoms with van der Waals surface area (Å²) >= 11 is 0. The van der Waals surface area contributed by atoms with Gasteiger partial charge in [0.25, 0.3) is 0 Å². The van der Waals surface area contributed by atoms with Crippen LogP contribution in [0.15, 0.2) is 48.5 Å². The second-order valence-corrected chi connectivity index (χ2v) is 5.86. The Hall–Kier alpha value is -2.33. The lowest BCUT2D eigenvalue weighted by atomic mass is 10.1. The molecular weight excluding hydrogens is 300 g/mol. The Morgan fingerprint density at radius 3 is 2.54 bits per heavy atom. The van der Waals surface area contributed by atoms with Crippen LogP contribution in [-0.2, 0) is 24.4 Å². The van der Waals surface area contributed by atoms with E-state index in [2.05, 4.69) is 30.4 Å². The number of nitrogens with zero attached hydrogens (tertiary/aromatic N) is 1. The highest BCUT2D eigenvalue weighted by molar-refractivity contribution is 5.74. The van der Waals surface area contributed by atoms with Crippen molar-refractivity contribution in [2.24, 2.45) is 0 Å². The van der Waals surface area contributed by atoms with Gasteiger partial charge in [0.05, 0.1) is 6.61 Å². The molecule has 2 aromatic rings. The van der Waals surface area contributed by atoms with Gasteiger partial charge >= 0.3 is 6.03 Å². The summed E-state index contributed by atoms with van der Waals surface area (Å²) in [6, 6.07) is 16.2. The van der Waals surface area contributed by atoms with Crippen LogP contribution in [0, 0.1) is 6.92 Å². The van der Waals surface area contributed by atoms with Gasteiger partial charge in [-0.15, -0.1) is 0 Å². The molecule has 0 aliphatic carbocycles. The zero-order valence-electron chi connectivity index (χ0n) is 14.7. The van der Waals surface area contributed by atoms with E-state index >= 15 is 0 Å². The number of ether oxygens (including phenoxy) is 1. The van der Waals surface area contributed by atoms with E-state index in [1.807, 2.05) is 42.2 Å². The van der Waals surface area contributed by atoms with Gasteiger partial charge in [-0.1, -0.05) is 54.1 Å². The Bertz CT molecular complexity index is 670. The van der Waals surface area contributed by atoms with Gasteiger partial charge in [0.2, 0.25) is 0 Å². The number of amides is 2. The Balaban J connectivity index is 1.97. The minimum atomic E-state index is -0.0498. The van der Waals surface area contributed by atoms with Crippen molar-refractivity contribution in [1.82, 2.24) is 10.2 Å². The largest absolute Gasteiger partial charge is 0.380 e. The average molecular weight is 326 g/mol. The summed E-state index contributed by atoms with van der Waals surface area (Å²) in [5.41, 5.74) is 4.53. The summed E-state index contributed by atoms with van der Waals surface area (Å²) < 4.78 is 5.21. The van der Waals surface area contributed by atoms with E-state index in [9.17, 15) is 4.79 Å². The summed E-state index contributed by atoms with van der Waals surface area (Å²) in [7, 11) is 1.68. The molecule has 4 heteroatoms. The zero-order chi connectivity index (χ0) is 17.4. The standard InChI is InChI=1S/C20H26N2O2/c1-4-22(14-17-9-7-8-16(2)12-17)20(23)21-13-18-10-5-6-11-19(18)15-24-3/h5-12H,4,13-15H2,1-3H3,(H,21,23). The smallest absolute Gasteiger partial charge is 0.317 e. The quantitative estimate of drug-likeness (QED) is 0.839. The molecule has 0 heterocycles. The van der Waals surface area contributed by atoms with Crippen LogP contribution >= 0.6 is 0 Å². The molecule has 0 atom stereocenters. The van der Waals surface area contributed by atoms with E-state index in [1.54, 1.807) is 7.11 Å². The van der Waals surface area contributed by atoms with Crippen LogP contribution in [0.3, 0.4) is 0 Å². The number of hydrogen-bond acceptors (Lipinski definition) is 2. The first-order valence-corrected chi connectivity index (χ1v) is 8.28. The van der Waals surface area contributed by atoms with Gasteiger partial charge in [0.15, 0.2) is 0 Å². The van der Waals surface area contributed by atoms with Crippen LogP contribution in [0.1, 0.15) is 29.2 Å². The van der Waals surface area contributed by atoms with Crippen molar-refractivity contribution < 1.29 is 9.53 Å². The highest BCUT2D eigenvalue weighted by Crippen LogP contribution is 2.11. The highest BCUT2D eigenvalue weighted by atomic mass is 16.5. The number of urea groups is 1. The summed E-state index contributed by atoms with van der Waals surface area (Å²) in [5.74, 6) is 0. The molecule has 24 heavy (non-hydrogen) atoms. The van der Waals surface area contributed by atoms with Crippen molar-refractivity contribution in [3.8, 4) is 0 Å². The lowest BCUT2D eigenvalue weighted by Gasteiger charge is -2.22. The lowest BCUT2D eigenvalue weighted by molar-refractivity contribution is 0.183. The Morgan fingerprint density at radius 2 is 1.88 bits per heavy atom. The van der Waals surface area contributed by atoms with Crippen molar-refractivity contribution >= 4 is 6.03 Å². The van der Waals surface area contributed by atoms with E-state index in [0.717, 1.165) is 16.7 Å². The number of rotatable bonds is 7. The van der Waals surface area contributed by atoms with E-state index in [-0.39, 0.29) is 6.03 Å². The van der Waals surface area contributed by atoms with Crippen LogP contribution in [0.25, 0.3) is 0 Å². The molecule has 0 bridgehead atoms. The van der Waals surface area contributed by atoms with E-state index in [4.69, 9.17) is 4.74 Å². The van der Waals surface area contributed by atoms with Crippen LogP contribution in [0.4, 0.5) is 4.79 Å². The average Bonchev–Trinajstić information content (AvgIpc) is 2.59. The van der Waals surface area contributed by atoms with Crippen molar-refractivity contribution in [2.75, 3.05) is 13.7 Å². The molecule has 2 amide bonds.